The number of nitrogens with zero attached hydrogens (tertiary/aromatic N) is 1. The van der Waals surface area contributed by atoms with Crippen LogP contribution in [0.3, 0.4) is 0 Å². The lowest BCUT2D eigenvalue weighted by molar-refractivity contribution is 0.0266. The van der Waals surface area contributed by atoms with Crippen LogP contribution in [0.15, 0.2) is 22.7 Å². The average molecular weight is 322 g/mol. The molecule has 102 valence electrons. The van der Waals surface area contributed by atoms with Crippen molar-refractivity contribution in [1.29, 1.82) is 5.26 Å². The molecule has 2 rings (SSSR count). The van der Waals surface area contributed by atoms with E-state index in [1.165, 1.54) is 0 Å². The third-order valence-corrected chi connectivity index (χ3v) is 5.28. The summed E-state index contributed by atoms with van der Waals surface area (Å²) in [5.74, 6) is 0.665. The van der Waals surface area contributed by atoms with E-state index in [1.807, 2.05) is 25.1 Å². The second kappa shape index (κ2) is 5.64. The second-order valence-corrected chi connectivity index (χ2v) is 6.72. The highest BCUT2D eigenvalue weighted by Crippen LogP contribution is 2.47. The quantitative estimate of drug-likeness (QED) is 0.870. The molecule has 2 nitrogen and oxygen atoms in total. The Bertz CT molecular complexity index is 498. The first kappa shape index (κ1) is 14.6. The van der Waals surface area contributed by atoms with E-state index in [-0.39, 0.29) is 0 Å². The monoisotopic (exact) mass is 321 g/mol. The number of aliphatic hydroxyl groups is 1. The van der Waals surface area contributed by atoms with E-state index in [0.717, 1.165) is 41.3 Å². The molecule has 1 atom stereocenters. The number of benzene rings is 1. The number of halogens is 1. The van der Waals surface area contributed by atoms with Crippen LogP contribution in [0.4, 0.5) is 0 Å². The van der Waals surface area contributed by atoms with Crippen molar-refractivity contribution < 1.29 is 5.11 Å². The van der Waals surface area contributed by atoms with Gasteiger partial charge in [0.2, 0.25) is 0 Å². The van der Waals surface area contributed by atoms with Crippen LogP contribution in [0, 0.1) is 29.6 Å². The zero-order valence-corrected chi connectivity index (χ0v) is 13.1. The van der Waals surface area contributed by atoms with E-state index in [0.29, 0.717) is 5.92 Å². The Kier molecular flexibility index (Phi) is 4.32. The topological polar surface area (TPSA) is 44.0 Å². The molecule has 1 N–H and O–H groups in total. The predicted molar refractivity (Wildman–Crippen MR) is 79.5 cm³/mol. The molecule has 1 unspecified atom stereocenters. The van der Waals surface area contributed by atoms with E-state index < -0.39 is 11.5 Å². The van der Waals surface area contributed by atoms with E-state index in [1.54, 1.807) is 0 Å². The molecule has 1 aromatic carbocycles. The lowest BCUT2D eigenvalue weighted by Crippen LogP contribution is -2.32. The van der Waals surface area contributed by atoms with Gasteiger partial charge in [0.05, 0.1) is 17.6 Å². The molecule has 0 bridgehead atoms. The molecule has 0 heterocycles. The molecule has 0 radical (unpaired) electrons. The largest absolute Gasteiger partial charge is 0.387 e. The fourth-order valence-corrected chi connectivity index (χ4v) is 3.22. The molecule has 0 aromatic heterocycles. The summed E-state index contributed by atoms with van der Waals surface area (Å²) in [5.41, 5.74) is 1.37. The summed E-state index contributed by atoms with van der Waals surface area (Å²) in [4.78, 5) is 0. The molecule has 0 aliphatic heterocycles. The maximum atomic E-state index is 10.7. The van der Waals surface area contributed by atoms with Gasteiger partial charge >= 0.3 is 0 Å². The number of aryl methyl sites for hydroxylation is 1. The lowest BCUT2D eigenvalue weighted by Gasteiger charge is -2.37. The summed E-state index contributed by atoms with van der Waals surface area (Å²) in [5, 5.41) is 20.2. The van der Waals surface area contributed by atoms with Crippen LogP contribution in [-0.4, -0.2) is 5.11 Å². The molecular weight excluding hydrogens is 302 g/mol. The van der Waals surface area contributed by atoms with Crippen LogP contribution < -0.4 is 0 Å². The molecule has 1 saturated carbocycles. The maximum Gasteiger partial charge on any atom is 0.0976 e. The summed E-state index contributed by atoms with van der Waals surface area (Å²) >= 11 is 3.49. The van der Waals surface area contributed by atoms with E-state index in [9.17, 15) is 10.4 Å². The van der Waals surface area contributed by atoms with Crippen molar-refractivity contribution in [3.63, 3.8) is 0 Å². The minimum Gasteiger partial charge on any atom is -0.387 e. The highest BCUT2D eigenvalue weighted by atomic mass is 79.9. The fourth-order valence-electron chi connectivity index (χ4n) is 2.82. The van der Waals surface area contributed by atoms with Crippen molar-refractivity contribution in [2.45, 2.75) is 45.6 Å². The first-order valence-electron chi connectivity index (χ1n) is 6.84. The van der Waals surface area contributed by atoms with Crippen LogP contribution in [0.5, 0.6) is 0 Å². The number of aliphatic hydroxyl groups excluding tert-OH is 1. The Morgan fingerprint density at radius 1 is 1.42 bits per heavy atom. The van der Waals surface area contributed by atoms with Gasteiger partial charge in [-0.25, -0.2) is 0 Å². The summed E-state index contributed by atoms with van der Waals surface area (Å²) in [7, 11) is 0. The molecule has 0 spiro atoms. The molecule has 0 amide bonds. The van der Waals surface area contributed by atoms with Gasteiger partial charge in [0.25, 0.3) is 0 Å². The van der Waals surface area contributed by atoms with E-state index in [4.69, 9.17) is 0 Å². The summed E-state index contributed by atoms with van der Waals surface area (Å²) in [6, 6.07) is 8.26. The second-order valence-electron chi connectivity index (χ2n) is 5.86. The molecular formula is C16H20BrNO. The number of rotatable bonds is 2. The van der Waals surface area contributed by atoms with Crippen LogP contribution in [0.25, 0.3) is 0 Å². The molecule has 1 aliphatic carbocycles. The van der Waals surface area contributed by atoms with Gasteiger partial charge in [-0.1, -0.05) is 35.0 Å². The van der Waals surface area contributed by atoms with Gasteiger partial charge in [-0.05, 0) is 55.7 Å². The Balaban J connectivity index is 2.28. The smallest absolute Gasteiger partial charge is 0.0976 e. The van der Waals surface area contributed by atoms with Gasteiger partial charge in [0.1, 0.15) is 0 Å². The third-order valence-electron chi connectivity index (χ3n) is 4.42. The molecule has 3 heteroatoms. The van der Waals surface area contributed by atoms with Crippen molar-refractivity contribution in [1.82, 2.24) is 0 Å². The van der Waals surface area contributed by atoms with Gasteiger partial charge in [-0.15, -0.1) is 0 Å². The van der Waals surface area contributed by atoms with Crippen molar-refractivity contribution >= 4 is 15.9 Å². The van der Waals surface area contributed by atoms with Crippen molar-refractivity contribution in [3.05, 3.63) is 33.8 Å². The summed E-state index contributed by atoms with van der Waals surface area (Å²) in [6.07, 6.45) is 2.94. The Hall–Kier alpha value is -0.850. The molecule has 0 saturated heterocycles. The van der Waals surface area contributed by atoms with Crippen LogP contribution in [0.2, 0.25) is 0 Å². The average Bonchev–Trinajstić information content (AvgIpc) is 2.42. The van der Waals surface area contributed by atoms with Gasteiger partial charge in [0, 0.05) is 4.47 Å². The Morgan fingerprint density at radius 3 is 2.58 bits per heavy atom. The van der Waals surface area contributed by atoms with E-state index >= 15 is 0 Å². The van der Waals surface area contributed by atoms with Crippen LogP contribution >= 0.6 is 15.9 Å². The number of nitriles is 1. The maximum absolute atomic E-state index is 10.7. The van der Waals surface area contributed by atoms with Gasteiger partial charge in [-0.3, -0.25) is 0 Å². The molecule has 1 aliphatic rings. The van der Waals surface area contributed by atoms with Crippen molar-refractivity contribution in [3.8, 4) is 6.07 Å². The SMILES string of the molecule is Cc1ccc(C(O)C2(C#N)CCC(C)CC2)cc1Br. The number of hydrogen-bond acceptors (Lipinski definition) is 2. The van der Waals surface area contributed by atoms with Crippen molar-refractivity contribution in [2.75, 3.05) is 0 Å². The summed E-state index contributed by atoms with van der Waals surface area (Å²) in [6.45, 7) is 4.23. The zero-order chi connectivity index (χ0) is 14.0. The normalized spacial score (nSPS) is 28.7. The number of hydrogen-bond donors (Lipinski definition) is 1. The molecule has 1 fully saturated rings. The minimum absolute atomic E-state index is 0.610. The standard InChI is InChI=1S/C16H20BrNO/c1-11-5-7-16(10-18,8-6-11)15(19)13-4-3-12(2)14(17)9-13/h3-4,9,11,15,19H,5-8H2,1-2H3. The van der Waals surface area contributed by atoms with Crippen LogP contribution in [-0.2, 0) is 0 Å². The molecule has 1 aromatic rings. The molecule has 19 heavy (non-hydrogen) atoms. The highest BCUT2D eigenvalue weighted by Gasteiger charge is 2.41. The first-order chi connectivity index (χ1) is 8.98. The van der Waals surface area contributed by atoms with Gasteiger partial charge in [0.15, 0.2) is 0 Å². The van der Waals surface area contributed by atoms with Crippen LogP contribution in [0.1, 0.15) is 49.8 Å². The van der Waals surface area contributed by atoms with E-state index in [2.05, 4.69) is 28.9 Å². The predicted octanol–water partition coefficient (Wildman–Crippen LogP) is 4.51. The van der Waals surface area contributed by atoms with Gasteiger partial charge in [-0.2, -0.15) is 5.26 Å². The van der Waals surface area contributed by atoms with Gasteiger partial charge < -0.3 is 5.11 Å². The zero-order valence-electron chi connectivity index (χ0n) is 11.5. The Labute approximate surface area is 123 Å². The summed E-state index contributed by atoms with van der Waals surface area (Å²) < 4.78 is 0.987. The highest BCUT2D eigenvalue weighted by molar-refractivity contribution is 9.10. The lowest BCUT2D eigenvalue weighted by atomic mass is 9.67. The van der Waals surface area contributed by atoms with Crippen molar-refractivity contribution in [2.24, 2.45) is 11.3 Å². The Morgan fingerprint density at radius 2 is 2.05 bits per heavy atom. The minimum atomic E-state index is -0.693. The third kappa shape index (κ3) is 2.85. The fraction of sp³-hybridized carbons (Fsp3) is 0.562. The first-order valence-corrected chi connectivity index (χ1v) is 7.63.